The summed E-state index contributed by atoms with van der Waals surface area (Å²) in [5.41, 5.74) is 1.54. The fourth-order valence-electron chi connectivity index (χ4n) is 4.04. The van der Waals surface area contributed by atoms with Crippen LogP contribution >= 0.6 is 11.6 Å². The molecule has 3 aromatic carbocycles. The molecule has 0 aliphatic carbocycles. The molecule has 0 bridgehead atoms. The highest BCUT2D eigenvalue weighted by molar-refractivity contribution is 7.92. The zero-order valence-electron chi connectivity index (χ0n) is 23.6. The summed E-state index contributed by atoms with van der Waals surface area (Å²) in [4.78, 5) is 28.6. The van der Waals surface area contributed by atoms with Crippen LogP contribution in [0.3, 0.4) is 0 Å². The molecule has 2 amide bonds. The van der Waals surface area contributed by atoms with Gasteiger partial charge in [-0.15, -0.1) is 0 Å². The second-order valence-corrected chi connectivity index (χ2v) is 12.8. The van der Waals surface area contributed by atoms with Crippen molar-refractivity contribution < 1.29 is 22.7 Å². The van der Waals surface area contributed by atoms with Crippen LogP contribution in [-0.2, 0) is 26.2 Å². The number of rotatable bonds is 10. The van der Waals surface area contributed by atoms with E-state index in [0.29, 0.717) is 10.8 Å². The van der Waals surface area contributed by atoms with E-state index in [1.165, 1.54) is 48.4 Å². The molecular formula is C30H36ClN3O5S. The summed E-state index contributed by atoms with van der Waals surface area (Å²) >= 11 is 6.07. The van der Waals surface area contributed by atoms with Crippen molar-refractivity contribution in [2.75, 3.05) is 18.0 Å². The molecule has 1 N–H and O–H groups in total. The van der Waals surface area contributed by atoms with Crippen LogP contribution in [0.4, 0.5) is 5.69 Å². The molecule has 0 aromatic heterocycles. The average Bonchev–Trinajstić information content (AvgIpc) is 2.90. The molecule has 10 heteroatoms. The van der Waals surface area contributed by atoms with Crippen molar-refractivity contribution in [3.63, 3.8) is 0 Å². The Morgan fingerprint density at radius 3 is 2.12 bits per heavy atom. The normalized spacial score (nSPS) is 12.4. The largest absolute Gasteiger partial charge is 0.497 e. The van der Waals surface area contributed by atoms with Gasteiger partial charge in [0.1, 0.15) is 18.3 Å². The minimum Gasteiger partial charge on any atom is -0.497 e. The molecule has 1 atom stereocenters. The van der Waals surface area contributed by atoms with Crippen molar-refractivity contribution in [2.45, 2.75) is 57.6 Å². The number of amides is 2. The van der Waals surface area contributed by atoms with Crippen LogP contribution in [0.2, 0.25) is 5.02 Å². The Kier molecular flexibility index (Phi) is 9.87. The maximum absolute atomic E-state index is 14.0. The highest BCUT2D eigenvalue weighted by atomic mass is 35.5. The van der Waals surface area contributed by atoms with Gasteiger partial charge in [0.25, 0.3) is 10.0 Å². The number of halogens is 1. The van der Waals surface area contributed by atoms with Gasteiger partial charge < -0.3 is 15.0 Å². The lowest BCUT2D eigenvalue weighted by molar-refractivity contribution is -0.140. The fourth-order valence-corrected chi connectivity index (χ4v) is 5.58. The van der Waals surface area contributed by atoms with Gasteiger partial charge in [-0.1, -0.05) is 35.9 Å². The predicted molar refractivity (Wildman–Crippen MR) is 158 cm³/mol. The average molecular weight is 586 g/mol. The molecule has 0 aliphatic rings. The van der Waals surface area contributed by atoms with E-state index < -0.39 is 34.1 Å². The first kappa shape index (κ1) is 31.0. The van der Waals surface area contributed by atoms with Crippen LogP contribution in [-0.4, -0.2) is 50.4 Å². The van der Waals surface area contributed by atoms with Gasteiger partial charge in [0.05, 0.1) is 17.7 Å². The van der Waals surface area contributed by atoms with E-state index in [0.717, 1.165) is 15.4 Å². The maximum Gasteiger partial charge on any atom is 0.264 e. The van der Waals surface area contributed by atoms with Gasteiger partial charge >= 0.3 is 0 Å². The Hall–Kier alpha value is -3.56. The summed E-state index contributed by atoms with van der Waals surface area (Å²) in [6.07, 6.45) is 0. The Balaban J connectivity index is 2.04. The van der Waals surface area contributed by atoms with Gasteiger partial charge in [-0.05, 0) is 94.3 Å². The molecule has 0 unspecified atom stereocenters. The lowest BCUT2D eigenvalue weighted by atomic mass is 10.1. The third-order valence-electron chi connectivity index (χ3n) is 6.31. The minimum atomic E-state index is -4.19. The minimum absolute atomic E-state index is 0.0139. The lowest BCUT2D eigenvalue weighted by Gasteiger charge is -2.33. The number of hydrogen-bond donors (Lipinski definition) is 1. The van der Waals surface area contributed by atoms with Gasteiger partial charge in [0.2, 0.25) is 11.8 Å². The van der Waals surface area contributed by atoms with E-state index in [9.17, 15) is 18.0 Å². The van der Waals surface area contributed by atoms with E-state index >= 15 is 0 Å². The lowest BCUT2D eigenvalue weighted by Crippen LogP contribution is -2.54. The molecule has 8 nitrogen and oxygen atoms in total. The van der Waals surface area contributed by atoms with E-state index in [-0.39, 0.29) is 23.0 Å². The first-order valence-electron chi connectivity index (χ1n) is 12.8. The standard InChI is InChI=1S/C30H36ClN3O5S/c1-21-9-7-8-10-23(21)19-33(22(2)29(36)32-30(3,4)5)28(35)20-34(25-13-11-24(31)12-14-25)40(37,38)27-17-15-26(39-6)16-18-27/h7-18,22H,19-20H2,1-6H3,(H,32,36)/t22-/m0/s1. The molecule has 0 saturated heterocycles. The highest BCUT2D eigenvalue weighted by Crippen LogP contribution is 2.27. The molecule has 3 rings (SSSR count). The number of nitrogens with zero attached hydrogens (tertiary/aromatic N) is 2. The van der Waals surface area contributed by atoms with Gasteiger partial charge in [0, 0.05) is 17.1 Å². The molecule has 0 fully saturated rings. The molecular weight excluding hydrogens is 550 g/mol. The molecule has 3 aromatic rings. The van der Waals surface area contributed by atoms with Gasteiger partial charge in [-0.25, -0.2) is 8.42 Å². The highest BCUT2D eigenvalue weighted by Gasteiger charge is 2.33. The van der Waals surface area contributed by atoms with Crippen molar-refractivity contribution in [2.24, 2.45) is 0 Å². The van der Waals surface area contributed by atoms with Crippen LogP contribution in [0.1, 0.15) is 38.8 Å². The number of hydrogen-bond acceptors (Lipinski definition) is 5. The van der Waals surface area contributed by atoms with Crippen LogP contribution < -0.4 is 14.4 Å². The van der Waals surface area contributed by atoms with Gasteiger partial charge in [-0.2, -0.15) is 0 Å². The van der Waals surface area contributed by atoms with Crippen molar-refractivity contribution in [1.82, 2.24) is 10.2 Å². The second-order valence-electron chi connectivity index (χ2n) is 10.5. The van der Waals surface area contributed by atoms with Crippen LogP contribution in [0, 0.1) is 6.92 Å². The van der Waals surface area contributed by atoms with Crippen molar-refractivity contribution in [3.8, 4) is 5.75 Å². The van der Waals surface area contributed by atoms with E-state index in [1.807, 2.05) is 52.0 Å². The predicted octanol–water partition coefficient (Wildman–Crippen LogP) is 5.18. The molecule has 40 heavy (non-hydrogen) atoms. The van der Waals surface area contributed by atoms with Crippen LogP contribution in [0.25, 0.3) is 0 Å². The molecule has 214 valence electrons. The van der Waals surface area contributed by atoms with Crippen molar-refractivity contribution in [3.05, 3.63) is 88.9 Å². The Morgan fingerprint density at radius 1 is 0.975 bits per heavy atom. The third-order valence-corrected chi connectivity index (χ3v) is 8.35. The van der Waals surface area contributed by atoms with Crippen LogP contribution in [0.5, 0.6) is 5.75 Å². The number of sulfonamides is 1. The summed E-state index contributed by atoms with van der Waals surface area (Å²) in [5, 5.41) is 3.34. The summed E-state index contributed by atoms with van der Waals surface area (Å²) in [7, 11) is -2.70. The number of carbonyl (C=O) groups excluding carboxylic acids is 2. The zero-order valence-corrected chi connectivity index (χ0v) is 25.2. The topological polar surface area (TPSA) is 96.0 Å². The number of aryl methyl sites for hydroxylation is 1. The maximum atomic E-state index is 14.0. The summed E-state index contributed by atoms with van der Waals surface area (Å²) < 4.78 is 34.0. The van der Waals surface area contributed by atoms with Crippen molar-refractivity contribution >= 4 is 39.1 Å². The first-order chi connectivity index (χ1) is 18.7. The Labute approximate surface area is 241 Å². The number of methoxy groups -OCH3 is 1. The van der Waals surface area contributed by atoms with E-state index in [2.05, 4.69) is 5.32 Å². The number of carbonyl (C=O) groups is 2. The van der Waals surface area contributed by atoms with E-state index in [1.54, 1.807) is 19.1 Å². The number of benzene rings is 3. The summed E-state index contributed by atoms with van der Waals surface area (Å²) in [5.74, 6) is -0.381. The number of ether oxygens (including phenoxy) is 1. The summed E-state index contributed by atoms with van der Waals surface area (Å²) in [6, 6.07) is 18.8. The van der Waals surface area contributed by atoms with Crippen LogP contribution in [0.15, 0.2) is 77.7 Å². The SMILES string of the molecule is COc1ccc(S(=O)(=O)N(CC(=O)N(Cc2ccccc2C)[C@@H](C)C(=O)NC(C)(C)C)c2ccc(Cl)cc2)cc1. The fraction of sp³-hybridized carbons (Fsp3) is 0.333. The molecule has 0 aliphatic heterocycles. The van der Waals surface area contributed by atoms with Gasteiger partial charge in [0.15, 0.2) is 0 Å². The van der Waals surface area contributed by atoms with Gasteiger partial charge in [-0.3, -0.25) is 13.9 Å². The molecule has 0 spiro atoms. The van der Waals surface area contributed by atoms with Crippen molar-refractivity contribution in [1.29, 1.82) is 0 Å². The monoisotopic (exact) mass is 585 g/mol. The quantitative estimate of drug-likeness (QED) is 0.353. The Morgan fingerprint density at radius 2 is 1.57 bits per heavy atom. The zero-order chi connectivity index (χ0) is 29.7. The Bertz CT molecular complexity index is 1440. The first-order valence-corrected chi connectivity index (χ1v) is 14.6. The number of nitrogens with one attached hydrogen (secondary N) is 1. The number of anilines is 1. The molecule has 0 heterocycles. The molecule has 0 radical (unpaired) electrons. The summed E-state index contributed by atoms with van der Waals surface area (Å²) in [6.45, 7) is 8.72. The second kappa shape index (κ2) is 12.7. The van der Waals surface area contributed by atoms with E-state index in [4.69, 9.17) is 16.3 Å². The third kappa shape index (κ3) is 7.76. The smallest absolute Gasteiger partial charge is 0.264 e. The molecule has 0 saturated carbocycles.